The largest absolute Gasteiger partial charge is 0.206 e. The van der Waals surface area contributed by atoms with Crippen LogP contribution >= 0.6 is 50.3 Å². The summed E-state index contributed by atoms with van der Waals surface area (Å²) in [5.41, 5.74) is 0.723. The molecule has 3 aromatic heterocycles. The van der Waals surface area contributed by atoms with Crippen LogP contribution in [0.4, 0.5) is 13.2 Å². The lowest BCUT2D eigenvalue weighted by Gasteiger charge is -2.04. The van der Waals surface area contributed by atoms with Crippen LogP contribution in [0.1, 0.15) is 37.5 Å². The smallest absolute Gasteiger partial charge is 0.176 e. The quantitative estimate of drug-likeness (QED) is 0.182. The zero-order chi connectivity index (χ0) is 20.5. The molecule has 4 aromatic rings. The Balaban J connectivity index is 1.67. The molecule has 0 unspecified atom stereocenters. The number of hydrogen-bond donors (Lipinski definition) is 0. The molecule has 1 aromatic carbocycles. The van der Waals surface area contributed by atoms with Crippen LogP contribution in [0.3, 0.4) is 0 Å². The van der Waals surface area contributed by atoms with Gasteiger partial charge in [0.15, 0.2) is 11.6 Å². The van der Waals surface area contributed by atoms with E-state index in [4.69, 9.17) is 0 Å². The van der Waals surface area contributed by atoms with Gasteiger partial charge in [-0.1, -0.05) is 26.2 Å². The van der Waals surface area contributed by atoms with Crippen molar-refractivity contribution in [3.8, 4) is 20.2 Å². The minimum Gasteiger partial charge on any atom is -0.206 e. The molecular formula is C20H16BrF3N2S3. The number of unbranched alkanes of at least 4 members (excludes halogenated alkanes) is 3. The molecule has 0 amide bonds. The number of thiophene rings is 2. The summed E-state index contributed by atoms with van der Waals surface area (Å²) in [7, 11) is 0. The summed E-state index contributed by atoms with van der Waals surface area (Å²) in [4.78, 5) is 2.91. The third-order valence-electron chi connectivity index (χ3n) is 4.65. The zero-order valence-corrected chi connectivity index (χ0v) is 19.4. The lowest BCUT2D eigenvalue weighted by molar-refractivity contribution is 0.509. The van der Waals surface area contributed by atoms with Gasteiger partial charge in [-0.05, 0) is 47.0 Å². The molecule has 9 heteroatoms. The monoisotopic (exact) mass is 516 g/mol. The highest BCUT2D eigenvalue weighted by molar-refractivity contribution is 9.10. The van der Waals surface area contributed by atoms with Crippen molar-refractivity contribution < 1.29 is 13.2 Å². The summed E-state index contributed by atoms with van der Waals surface area (Å²) in [6.07, 6.45) is 5.10. The first-order valence-corrected chi connectivity index (χ1v) is 12.3. The molecule has 152 valence electrons. The zero-order valence-electron chi connectivity index (χ0n) is 15.4. The third kappa shape index (κ3) is 4.02. The lowest BCUT2D eigenvalue weighted by atomic mass is 10.1. The average Bonchev–Trinajstić information content (AvgIpc) is 3.44. The normalized spacial score (nSPS) is 11.6. The van der Waals surface area contributed by atoms with Crippen LogP contribution in [0.25, 0.3) is 31.2 Å². The molecule has 0 bridgehead atoms. The number of nitrogens with zero attached hydrogens (tertiary/aromatic N) is 2. The number of fused-ring (bicyclic) bond motifs is 1. The fourth-order valence-corrected chi connectivity index (χ4v) is 6.48. The second-order valence-electron chi connectivity index (χ2n) is 6.63. The average molecular weight is 517 g/mol. The van der Waals surface area contributed by atoms with Crippen LogP contribution in [0.5, 0.6) is 0 Å². The number of benzene rings is 1. The van der Waals surface area contributed by atoms with Crippen molar-refractivity contribution >= 4 is 61.4 Å². The maximum atomic E-state index is 14.7. The van der Waals surface area contributed by atoms with Crippen LogP contribution < -0.4 is 0 Å². The van der Waals surface area contributed by atoms with Gasteiger partial charge in [0, 0.05) is 19.5 Å². The SMILES string of the molecule is CCCCCCc1sc(-c2ccc(-c3c(F)c(F)c(Br)c4nsnc34)s2)cc1F. The topological polar surface area (TPSA) is 25.8 Å². The van der Waals surface area contributed by atoms with Gasteiger partial charge in [0.1, 0.15) is 16.9 Å². The van der Waals surface area contributed by atoms with Gasteiger partial charge in [0.05, 0.1) is 21.8 Å². The van der Waals surface area contributed by atoms with E-state index >= 15 is 0 Å². The van der Waals surface area contributed by atoms with Crippen molar-refractivity contribution in [1.29, 1.82) is 0 Å². The van der Waals surface area contributed by atoms with E-state index in [1.165, 1.54) is 28.7 Å². The first-order valence-electron chi connectivity index (χ1n) is 9.18. The standard InChI is InChI=1S/C20H16BrF3N2S3/c1-2-3-4-5-6-11-10(22)9-14(27-11)12-7-8-13(28-12)15-17(23)18(24)16(21)20-19(15)25-29-26-20/h7-9H,2-6H2,1H3. The summed E-state index contributed by atoms with van der Waals surface area (Å²) in [5, 5.41) is 0. The second-order valence-corrected chi connectivity index (χ2v) is 10.2. The van der Waals surface area contributed by atoms with E-state index in [0.717, 1.165) is 58.5 Å². The maximum Gasteiger partial charge on any atom is 0.176 e. The summed E-state index contributed by atoms with van der Waals surface area (Å²) in [6.45, 7) is 2.15. The second kappa shape index (κ2) is 8.83. The highest BCUT2D eigenvalue weighted by Crippen LogP contribution is 2.43. The van der Waals surface area contributed by atoms with Crippen molar-refractivity contribution in [2.24, 2.45) is 0 Å². The third-order valence-corrected chi connectivity index (χ3v) is 8.37. The Kier molecular flexibility index (Phi) is 6.38. The molecule has 0 atom stereocenters. The molecule has 0 saturated heterocycles. The molecule has 0 fully saturated rings. The molecule has 0 radical (unpaired) electrons. The van der Waals surface area contributed by atoms with Gasteiger partial charge in [-0.3, -0.25) is 0 Å². The Hall–Kier alpha value is -1.29. The molecule has 0 aliphatic rings. The van der Waals surface area contributed by atoms with Gasteiger partial charge in [-0.15, -0.1) is 22.7 Å². The molecule has 0 spiro atoms. The summed E-state index contributed by atoms with van der Waals surface area (Å²) < 4.78 is 51.6. The van der Waals surface area contributed by atoms with Gasteiger partial charge in [-0.25, -0.2) is 13.2 Å². The van der Waals surface area contributed by atoms with Crippen LogP contribution in [-0.2, 0) is 6.42 Å². The Bertz CT molecular complexity index is 1170. The number of aryl methyl sites for hydroxylation is 1. The minimum absolute atomic E-state index is 0.0210. The Labute approximate surface area is 186 Å². The Morgan fingerprint density at radius 3 is 2.45 bits per heavy atom. The molecule has 0 saturated carbocycles. The lowest BCUT2D eigenvalue weighted by Crippen LogP contribution is -1.93. The molecular weight excluding hydrogens is 501 g/mol. The van der Waals surface area contributed by atoms with Crippen molar-refractivity contribution in [1.82, 2.24) is 8.75 Å². The van der Waals surface area contributed by atoms with Gasteiger partial charge >= 0.3 is 0 Å². The molecule has 0 aliphatic heterocycles. The molecule has 0 N–H and O–H groups in total. The van der Waals surface area contributed by atoms with Crippen molar-refractivity contribution in [3.63, 3.8) is 0 Å². The minimum atomic E-state index is -0.980. The van der Waals surface area contributed by atoms with Crippen LogP contribution in [0.15, 0.2) is 22.7 Å². The van der Waals surface area contributed by atoms with E-state index in [0.29, 0.717) is 15.9 Å². The summed E-state index contributed by atoms with van der Waals surface area (Å²) >= 11 is 6.69. The van der Waals surface area contributed by atoms with Gasteiger partial charge in [0.2, 0.25) is 0 Å². The van der Waals surface area contributed by atoms with Crippen LogP contribution in [0.2, 0.25) is 0 Å². The van der Waals surface area contributed by atoms with Crippen molar-refractivity contribution in [3.05, 3.63) is 45.0 Å². The predicted octanol–water partition coefficient (Wildman–Crippen LogP) is 8.45. The molecule has 4 rings (SSSR count). The van der Waals surface area contributed by atoms with Gasteiger partial charge < -0.3 is 0 Å². The van der Waals surface area contributed by atoms with E-state index in [-0.39, 0.29) is 15.9 Å². The highest BCUT2D eigenvalue weighted by atomic mass is 79.9. The summed E-state index contributed by atoms with van der Waals surface area (Å²) in [5.74, 6) is -2.13. The fraction of sp³-hybridized carbons (Fsp3) is 0.300. The Morgan fingerprint density at radius 2 is 1.66 bits per heavy atom. The van der Waals surface area contributed by atoms with E-state index in [2.05, 4.69) is 31.6 Å². The number of halogens is 4. The molecule has 3 heterocycles. The van der Waals surface area contributed by atoms with Crippen LogP contribution in [-0.4, -0.2) is 8.75 Å². The van der Waals surface area contributed by atoms with Gasteiger partial charge in [0.25, 0.3) is 0 Å². The fourth-order valence-electron chi connectivity index (χ4n) is 3.15. The number of rotatable bonds is 7. The highest BCUT2D eigenvalue weighted by Gasteiger charge is 2.24. The molecule has 29 heavy (non-hydrogen) atoms. The van der Waals surface area contributed by atoms with Crippen molar-refractivity contribution in [2.45, 2.75) is 39.0 Å². The predicted molar refractivity (Wildman–Crippen MR) is 119 cm³/mol. The van der Waals surface area contributed by atoms with Crippen molar-refractivity contribution in [2.75, 3.05) is 0 Å². The van der Waals surface area contributed by atoms with E-state index in [1.807, 2.05) is 6.07 Å². The first kappa shape index (κ1) is 21.0. The molecule has 0 aliphatic carbocycles. The van der Waals surface area contributed by atoms with E-state index in [9.17, 15) is 13.2 Å². The van der Waals surface area contributed by atoms with Crippen LogP contribution in [0, 0.1) is 17.5 Å². The Morgan fingerprint density at radius 1 is 0.897 bits per heavy atom. The molecule has 2 nitrogen and oxygen atoms in total. The van der Waals surface area contributed by atoms with Gasteiger partial charge in [-0.2, -0.15) is 8.75 Å². The summed E-state index contributed by atoms with van der Waals surface area (Å²) in [6, 6.07) is 5.08. The number of aromatic nitrogens is 2. The number of hydrogen-bond acceptors (Lipinski definition) is 5. The first-order chi connectivity index (χ1) is 14.0. The maximum absolute atomic E-state index is 14.7. The van der Waals surface area contributed by atoms with E-state index < -0.39 is 11.6 Å². The van der Waals surface area contributed by atoms with E-state index in [1.54, 1.807) is 6.07 Å².